The molecule has 0 saturated carbocycles. The Morgan fingerprint density at radius 2 is 2.25 bits per heavy atom. The van der Waals surface area contributed by atoms with Crippen LogP contribution in [0, 0.1) is 0 Å². The molecule has 4 nitrogen and oxygen atoms in total. The molecular formula is C14H13BrClNO3. The fourth-order valence-corrected chi connectivity index (χ4v) is 2.08. The summed E-state index contributed by atoms with van der Waals surface area (Å²) in [5.41, 5.74) is 2.87. The predicted molar refractivity (Wildman–Crippen MR) is 79.6 cm³/mol. The maximum absolute atomic E-state index is 11.8. The van der Waals surface area contributed by atoms with E-state index in [4.69, 9.17) is 20.9 Å². The van der Waals surface area contributed by atoms with E-state index in [2.05, 4.69) is 21.4 Å². The van der Waals surface area contributed by atoms with Gasteiger partial charge < -0.3 is 4.42 Å². The van der Waals surface area contributed by atoms with Gasteiger partial charge in [0.15, 0.2) is 0 Å². The number of carbonyl (C=O) groups excluding carboxylic acids is 1. The zero-order valence-electron chi connectivity index (χ0n) is 10.6. The van der Waals surface area contributed by atoms with Crippen LogP contribution in [0.2, 0.25) is 5.02 Å². The molecule has 0 fully saturated rings. The van der Waals surface area contributed by atoms with Crippen LogP contribution in [0.25, 0.3) is 0 Å². The van der Waals surface area contributed by atoms with Gasteiger partial charge in [0, 0.05) is 16.5 Å². The molecule has 1 heterocycles. The van der Waals surface area contributed by atoms with E-state index in [9.17, 15) is 4.79 Å². The highest BCUT2D eigenvalue weighted by atomic mass is 79.9. The first-order chi connectivity index (χ1) is 9.66. The van der Waals surface area contributed by atoms with Gasteiger partial charge in [-0.15, -0.1) is 0 Å². The Labute approximate surface area is 130 Å². The topological polar surface area (TPSA) is 51.5 Å². The van der Waals surface area contributed by atoms with Crippen molar-refractivity contribution in [2.24, 2.45) is 0 Å². The lowest BCUT2D eigenvalue weighted by Gasteiger charge is -2.06. The highest BCUT2D eigenvalue weighted by Gasteiger charge is 2.07. The van der Waals surface area contributed by atoms with Crippen molar-refractivity contribution in [1.29, 1.82) is 0 Å². The van der Waals surface area contributed by atoms with Crippen molar-refractivity contribution in [2.45, 2.75) is 12.8 Å². The van der Waals surface area contributed by atoms with Crippen molar-refractivity contribution in [1.82, 2.24) is 5.48 Å². The Morgan fingerprint density at radius 3 is 2.95 bits per heavy atom. The lowest BCUT2D eigenvalue weighted by Crippen LogP contribution is -2.24. The number of furan rings is 1. The van der Waals surface area contributed by atoms with Crippen LogP contribution in [-0.2, 0) is 11.3 Å². The van der Waals surface area contributed by atoms with Crippen LogP contribution in [0.4, 0.5) is 0 Å². The predicted octanol–water partition coefficient (Wildman–Crippen LogP) is 3.99. The minimum atomic E-state index is -0.305. The summed E-state index contributed by atoms with van der Waals surface area (Å²) < 4.78 is 5.87. The molecule has 6 heteroatoms. The van der Waals surface area contributed by atoms with E-state index < -0.39 is 0 Å². The molecule has 0 aliphatic rings. The van der Waals surface area contributed by atoms with Gasteiger partial charge in [0.2, 0.25) is 0 Å². The second-order valence-corrected chi connectivity index (χ2v) is 5.35. The molecule has 0 saturated heterocycles. The molecular weight excluding hydrogens is 346 g/mol. The molecule has 0 bridgehead atoms. The fraction of sp³-hybridized carbons (Fsp3) is 0.214. The number of hydrogen-bond acceptors (Lipinski definition) is 3. The standard InChI is InChI=1S/C14H13BrClNO3/c15-12-9-10(5-6-13(12)16)14(18)17-20-8-2-4-11-3-1-7-19-11/h1,3,5-7,9H,2,4,8H2,(H,17,18). The van der Waals surface area contributed by atoms with E-state index in [0.29, 0.717) is 21.7 Å². The number of benzene rings is 1. The number of nitrogens with one attached hydrogen (secondary N) is 1. The Bertz CT molecular complexity index is 572. The van der Waals surface area contributed by atoms with Crippen molar-refractivity contribution in [3.05, 3.63) is 57.4 Å². The molecule has 20 heavy (non-hydrogen) atoms. The summed E-state index contributed by atoms with van der Waals surface area (Å²) in [4.78, 5) is 16.9. The average Bonchev–Trinajstić information content (AvgIpc) is 2.94. The first-order valence-corrected chi connectivity index (χ1v) is 7.23. The van der Waals surface area contributed by atoms with Gasteiger partial charge in [-0.2, -0.15) is 0 Å². The maximum atomic E-state index is 11.8. The molecule has 2 rings (SSSR count). The number of rotatable bonds is 6. The van der Waals surface area contributed by atoms with E-state index in [1.165, 1.54) is 0 Å². The van der Waals surface area contributed by atoms with E-state index in [0.717, 1.165) is 18.6 Å². The van der Waals surface area contributed by atoms with Gasteiger partial charge in [-0.1, -0.05) is 11.6 Å². The Kier molecular flexibility index (Phi) is 5.64. The van der Waals surface area contributed by atoms with Crippen LogP contribution in [0.5, 0.6) is 0 Å². The normalized spacial score (nSPS) is 10.5. The largest absolute Gasteiger partial charge is 0.469 e. The zero-order chi connectivity index (χ0) is 14.4. The van der Waals surface area contributed by atoms with Crippen LogP contribution in [0.15, 0.2) is 45.5 Å². The molecule has 106 valence electrons. The quantitative estimate of drug-likeness (QED) is 0.627. The van der Waals surface area contributed by atoms with Crippen molar-refractivity contribution in [2.75, 3.05) is 6.61 Å². The number of carbonyl (C=O) groups is 1. The van der Waals surface area contributed by atoms with Crippen LogP contribution in [0.3, 0.4) is 0 Å². The van der Waals surface area contributed by atoms with Crippen LogP contribution in [0.1, 0.15) is 22.5 Å². The van der Waals surface area contributed by atoms with Crippen LogP contribution in [-0.4, -0.2) is 12.5 Å². The molecule has 2 aromatic rings. The number of halogens is 2. The summed E-state index contributed by atoms with van der Waals surface area (Å²) in [7, 11) is 0. The average molecular weight is 359 g/mol. The minimum absolute atomic E-state index is 0.305. The number of amides is 1. The summed E-state index contributed by atoms with van der Waals surface area (Å²) in [5, 5.41) is 0.556. The first-order valence-electron chi connectivity index (χ1n) is 6.06. The number of hydrogen-bond donors (Lipinski definition) is 1. The molecule has 0 atom stereocenters. The maximum Gasteiger partial charge on any atom is 0.274 e. The lowest BCUT2D eigenvalue weighted by molar-refractivity contribution is 0.0301. The summed E-state index contributed by atoms with van der Waals surface area (Å²) >= 11 is 9.13. The smallest absolute Gasteiger partial charge is 0.274 e. The molecule has 0 spiro atoms. The Hall–Kier alpha value is -1.30. The third-order valence-electron chi connectivity index (χ3n) is 2.60. The zero-order valence-corrected chi connectivity index (χ0v) is 12.9. The van der Waals surface area contributed by atoms with Crippen molar-refractivity contribution < 1.29 is 14.0 Å². The third-order valence-corrected chi connectivity index (χ3v) is 3.81. The second-order valence-electron chi connectivity index (χ2n) is 4.09. The van der Waals surface area contributed by atoms with Crippen molar-refractivity contribution in [3.63, 3.8) is 0 Å². The molecule has 1 N–H and O–H groups in total. The summed E-state index contributed by atoms with van der Waals surface area (Å²) in [6.45, 7) is 0.418. The van der Waals surface area contributed by atoms with E-state index in [-0.39, 0.29) is 5.91 Å². The van der Waals surface area contributed by atoms with Gasteiger partial charge in [0.05, 0.1) is 17.9 Å². The van der Waals surface area contributed by atoms with Gasteiger partial charge in [-0.3, -0.25) is 9.63 Å². The monoisotopic (exact) mass is 357 g/mol. The van der Waals surface area contributed by atoms with Gasteiger partial charge in [0.1, 0.15) is 5.76 Å². The van der Waals surface area contributed by atoms with E-state index in [1.807, 2.05) is 12.1 Å². The van der Waals surface area contributed by atoms with Crippen LogP contribution < -0.4 is 5.48 Å². The van der Waals surface area contributed by atoms with E-state index in [1.54, 1.807) is 24.5 Å². The van der Waals surface area contributed by atoms with E-state index >= 15 is 0 Å². The molecule has 0 unspecified atom stereocenters. The summed E-state index contributed by atoms with van der Waals surface area (Å²) in [5.74, 6) is 0.599. The van der Waals surface area contributed by atoms with Crippen molar-refractivity contribution >= 4 is 33.4 Å². The molecule has 0 aliphatic carbocycles. The molecule has 1 aromatic carbocycles. The minimum Gasteiger partial charge on any atom is -0.469 e. The number of aryl methyl sites for hydroxylation is 1. The van der Waals surface area contributed by atoms with Gasteiger partial charge in [0.25, 0.3) is 5.91 Å². The SMILES string of the molecule is O=C(NOCCCc1ccco1)c1ccc(Cl)c(Br)c1. The molecule has 0 radical (unpaired) electrons. The fourth-order valence-electron chi connectivity index (χ4n) is 1.59. The second kappa shape index (κ2) is 7.47. The Balaban J connectivity index is 1.70. The van der Waals surface area contributed by atoms with Crippen molar-refractivity contribution in [3.8, 4) is 0 Å². The third kappa shape index (κ3) is 4.37. The highest BCUT2D eigenvalue weighted by Crippen LogP contribution is 2.23. The number of hydroxylamine groups is 1. The first kappa shape index (κ1) is 15.1. The molecule has 1 aromatic heterocycles. The van der Waals surface area contributed by atoms with Gasteiger partial charge in [-0.25, -0.2) is 5.48 Å². The Morgan fingerprint density at radius 1 is 1.40 bits per heavy atom. The summed E-state index contributed by atoms with van der Waals surface area (Å²) in [6, 6.07) is 8.68. The van der Waals surface area contributed by atoms with Crippen LogP contribution >= 0.6 is 27.5 Å². The summed E-state index contributed by atoms with van der Waals surface area (Å²) in [6.07, 6.45) is 3.17. The molecule has 0 aliphatic heterocycles. The van der Waals surface area contributed by atoms with Gasteiger partial charge >= 0.3 is 0 Å². The molecule has 1 amide bonds. The van der Waals surface area contributed by atoms with Gasteiger partial charge in [-0.05, 0) is 52.7 Å². The highest BCUT2D eigenvalue weighted by molar-refractivity contribution is 9.10. The lowest BCUT2D eigenvalue weighted by atomic mass is 10.2.